The Bertz CT molecular complexity index is 985. The number of ether oxygens (including phenoxy) is 1. The molecule has 2 rings (SSSR count). The maximum Gasteiger partial charge on any atom is 0.471 e. The molecule has 0 saturated carbocycles. The molecule has 0 aliphatic rings. The largest absolute Gasteiger partial charge is 0.544 e. The van der Waals surface area contributed by atoms with Crippen LogP contribution in [0, 0.1) is 0 Å². The Labute approximate surface area is 202 Å². The second kappa shape index (κ2) is 10.7. The second-order valence-electron chi connectivity index (χ2n) is 10.5. The van der Waals surface area contributed by atoms with Crippen LogP contribution in [-0.2, 0) is 9.22 Å². The Hall–Kier alpha value is -2.05. The number of halogens is 3. The van der Waals surface area contributed by atoms with Crippen LogP contribution < -0.4 is 9.16 Å². The molecule has 10 heteroatoms. The van der Waals surface area contributed by atoms with Gasteiger partial charge in [0.1, 0.15) is 18.1 Å². The molecule has 0 heterocycles. The molecule has 1 atom stereocenters. The summed E-state index contributed by atoms with van der Waals surface area (Å²) in [6.45, 7) is 15.1. The van der Waals surface area contributed by atoms with Gasteiger partial charge in [0.05, 0.1) is 6.10 Å². The zero-order valence-corrected chi connectivity index (χ0v) is 23.2. The van der Waals surface area contributed by atoms with Crippen molar-refractivity contribution in [2.24, 2.45) is 0 Å². The van der Waals surface area contributed by atoms with Gasteiger partial charge in [-0.15, -0.1) is 0 Å². The number of nitrogens with zero attached hydrogens (tertiary/aromatic N) is 1. The maximum absolute atomic E-state index is 13.2. The summed E-state index contributed by atoms with van der Waals surface area (Å²) in [6.07, 6.45) is -5.66. The van der Waals surface area contributed by atoms with Crippen LogP contribution in [0.4, 0.5) is 13.2 Å². The minimum Gasteiger partial charge on any atom is -0.544 e. The molecule has 0 radical (unpaired) electrons. The van der Waals surface area contributed by atoms with Crippen LogP contribution in [0.5, 0.6) is 11.5 Å². The Balaban J connectivity index is 2.32. The average molecular weight is 516 g/mol. The molecule has 0 spiro atoms. The first-order valence-corrected chi connectivity index (χ1v) is 18.2. The summed E-state index contributed by atoms with van der Waals surface area (Å²) in [6, 6.07) is 10.7. The molecule has 2 aromatic rings. The molecule has 1 amide bonds. The first kappa shape index (κ1) is 28.2. The van der Waals surface area contributed by atoms with E-state index in [-0.39, 0.29) is 13.2 Å². The molecule has 5 nitrogen and oxygen atoms in total. The van der Waals surface area contributed by atoms with Gasteiger partial charge in [-0.25, -0.2) is 0 Å². The topological polar surface area (TPSA) is 48.0 Å². The highest BCUT2D eigenvalue weighted by molar-refractivity contribution is 6.70. The molecule has 0 fully saturated rings. The maximum atomic E-state index is 13.2. The van der Waals surface area contributed by atoms with Crippen LogP contribution in [0.1, 0.15) is 13.8 Å². The van der Waals surface area contributed by atoms with Crippen LogP contribution in [0.3, 0.4) is 0 Å². The fraction of sp³-hybridized carbons (Fsp3) is 0.542. The van der Waals surface area contributed by atoms with Crippen molar-refractivity contribution >= 4 is 33.3 Å². The molecule has 190 valence electrons. The Morgan fingerprint density at radius 2 is 1.44 bits per heavy atom. The number of rotatable bonds is 10. The lowest BCUT2D eigenvalue weighted by Gasteiger charge is -2.34. The number of amides is 1. The number of carbonyl (C=O) groups is 1. The molecule has 0 aliphatic heterocycles. The summed E-state index contributed by atoms with van der Waals surface area (Å²) in [7, 11) is -3.98. The number of fused-ring (bicyclic) bond motifs is 1. The highest BCUT2D eigenvalue weighted by atomic mass is 28.4. The van der Waals surface area contributed by atoms with Gasteiger partial charge in [0, 0.05) is 23.4 Å². The summed E-state index contributed by atoms with van der Waals surface area (Å²) < 4.78 is 57.9. The van der Waals surface area contributed by atoms with Gasteiger partial charge in [-0.3, -0.25) is 4.79 Å². The zero-order chi connectivity index (χ0) is 25.9. The normalized spacial score (nSPS) is 13.8. The predicted molar refractivity (Wildman–Crippen MR) is 135 cm³/mol. The molecular weight excluding hydrogens is 479 g/mol. The lowest BCUT2D eigenvalue weighted by Crippen LogP contribution is -2.51. The fourth-order valence-electron chi connectivity index (χ4n) is 3.51. The molecule has 0 N–H and O–H groups in total. The van der Waals surface area contributed by atoms with E-state index in [9.17, 15) is 18.0 Å². The fourth-order valence-corrected chi connectivity index (χ4v) is 5.49. The minimum absolute atomic E-state index is 0.0108. The number of alkyl halides is 3. The summed E-state index contributed by atoms with van der Waals surface area (Å²) in [5.41, 5.74) is 0. The Morgan fingerprint density at radius 1 is 0.912 bits per heavy atom. The molecule has 34 heavy (non-hydrogen) atoms. The van der Waals surface area contributed by atoms with Crippen molar-refractivity contribution in [1.82, 2.24) is 4.90 Å². The third kappa shape index (κ3) is 8.32. The van der Waals surface area contributed by atoms with Gasteiger partial charge in [0.2, 0.25) is 8.32 Å². The van der Waals surface area contributed by atoms with E-state index >= 15 is 0 Å². The quantitative estimate of drug-likeness (QED) is 0.341. The molecule has 0 aromatic heterocycles. The van der Waals surface area contributed by atoms with E-state index in [0.29, 0.717) is 5.75 Å². The highest BCUT2D eigenvalue weighted by Crippen LogP contribution is 2.34. The first-order chi connectivity index (χ1) is 15.5. The first-order valence-electron chi connectivity index (χ1n) is 11.4. The van der Waals surface area contributed by atoms with Gasteiger partial charge in [0.15, 0.2) is 8.32 Å². The lowest BCUT2D eigenvalue weighted by molar-refractivity contribution is -0.188. The van der Waals surface area contributed by atoms with Crippen LogP contribution in [-0.4, -0.2) is 58.9 Å². The lowest BCUT2D eigenvalue weighted by atomic mass is 10.1. The van der Waals surface area contributed by atoms with E-state index in [2.05, 4.69) is 19.6 Å². The Kier molecular flexibility index (Phi) is 8.87. The highest BCUT2D eigenvalue weighted by Gasteiger charge is 2.44. The van der Waals surface area contributed by atoms with Crippen molar-refractivity contribution in [2.75, 3.05) is 13.2 Å². The molecule has 0 saturated heterocycles. The van der Waals surface area contributed by atoms with E-state index in [4.69, 9.17) is 13.6 Å². The molecular formula is C24H36F3NO4Si2. The smallest absolute Gasteiger partial charge is 0.471 e. The van der Waals surface area contributed by atoms with Gasteiger partial charge in [-0.2, -0.15) is 13.2 Å². The van der Waals surface area contributed by atoms with Gasteiger partial charge >= 0.3 is 12.1 Å². The van der Waals surface area contributed by atoms with Gasteiger partial charge in [0.25, 0.3) is 0 Å². The zero-order valence-electron chi connectivity index (χ0n) is 21.2. The second-order valence-corrected chi connectivity index (χ2v) is 19.4. The van der Waals surface area contributed by atoms with Gasteiger partial charge in [-0.1, -0.05) is 24.3 Å². The Morgan fingerprint density at radius 3 is 1.91 bits per heavy atom. The summed E-state index contributed by atoms with van der Waals surface area (Å²) in [5, 5.41) is 1.75. The van der Waals surface area contributed by atoms with E-state index in [0.717, 1.165) is 21.4 Å². The minimum atomic E-state index is -4.95. The van der Waals surface area contributed by atoms with Crippen LogP contribution in [0.25, 0.3) is 10.8 Å². The number of hydrogen-bond donors (Lipinski definition) is 0. The van der Waals surface area contributed by atoms with Crippen molar-refractivity contribution in [3.63, 3.8) is 0 Å². The molecule has 1 unspecified atom stereocenters. The van der Waals surface area contributed by atoms with Crippen molar-refractivity contribution in [1.29, 1.82) is 0 Å². The summed E-state index contributed by atoms with van der Waals surface area (Å²) >= 11 is 0. The average Bonchev–Trinajstić information content (AvgIpc) is 2.67. The van der Waals surface area contributed by atoms with E-state index in [1.54, 1.807) is 13.8 Å². The van der Waals surface area contributed by atoms with Crippen molar-refractivity contribution in [3.05, 3.63) is 36.4 Å². The number of benzene rings is 2. The van der Waals surface area contributed by atoms with E-state index in [1.807, 2.05) is 56.0 Å². The molecule has 0 aliphatic carbocycles. The van der Waals surface area contributed by atoms with Gasteiger partial charge in [-0.05, 0) is 65.3 Å². The number of hydrogen-bond acceptors (Lipinski definition) is 4. The SMILES string of the molecule is CC(C)N(CC(COc1ccc(O[Si](C)(C)C)c2ccccc12)O[Si](C)(C)C)C(=O)C(F)(F)F. The summed E-state index contributed by atoms with van der Waals surface area (Å²) in [5.74, 6) is -0.510. The van der Waals surface area contributed by atoms with E-state index in [1.165, 1.54) is 0 Å². The standard InChI is InChI=1S/C24H36F3NO4Si2/c1-17(2)28(23(29)24(25,26)27)15-18(31-33(3,4)5)16-30-21-13-14-22(32-34(6,7)8)20-12-10-9-11-19(20)21/h9-14,17-18H,15-16H2,1-8H3. The number of carbonyl (C=O) groups excluding carboxylic acids is 1. The molecule has 2 aromatic carbocycles. The van der Waals surface area contributed by atoms with Crippen molar-refractivity contribution in [2.45, 2.75) is 71.5 Å². The van der Waals surface area contributed by atoms with Crippen LogP contribution >= 0.6 is 0 Å². The summed E-state index contributed by atoms with van der Waals surface area (Å²) in [4.78, 5) is 12.8. The monoisotopic (exact) mass is 515 g/mol. The predicted octanol–water partition coefficient (Wildman–Crippen LogP) is 6.45. The van der Waals surface area contributed by atoms with Gasteiger partial charge < -0.3 is 18.5 Å². The van der Waals surface area contributed by atoms with Crippen LogP contribution in [0.2, 0.25) is 39.3 Å². The third-order valence-electron chi connectivity index (χ3n) is 4.73. The van der Waals surface area contributed by atoms with Crippen LogP contribution in [0.15, 0.2) is 36.4 Å². The van der Waals surface area contributed by atoms with Crippen molar-refractivity contribution < 1.29 is 31.6 Å². The van der Waals surface area contributed by atoms with E-state index < -0.39 is 40.9 Å². The molecule has 0 bridgehead atoms. The van der Waals surface area contributed by atoms with Crippen molar-refractivity contribution in [3.8, 4) is 11.5 Å². The third-order valence-corrected chi connectivity index (χ3v) is 6.60.